The van der Waals surface area contributed by atoms with Gasteiger partial charge < -0.3 is 19.9 Å². The van der Waals surface area contributed by atoms with Crippen molar-refractivity contribution in [1.82, 2.24) is 5.32 Å². The van der Waals surface area contributed by atoms with Gasteiger partial charge in [-0.25, -0.2) is 0 Å². The number of nitrogens with one attached hydrogen (secondary N) is 1. The number of benzene rings is 1. The van der Waals surface area contributed by atoms with Crippen LogP contribution in [0.5, 0.6) is 5.75 Å². The van der Waals surface area contributed by atoms with Crippen LogP contribution in [-0.2, 0) is 9.47 Å². The summed E-state index contributed by atoms with van der Waals surface area (Å²) in [6.45, 7) is 2.14. The van der Waals surface area contributed by atoms with Gasteiger partial charge in [0.2, 0.25) is 0 Å². The molecule has 5 nitrogen and oxygen atoms in total. The summed E-state index contributed by atoms with van der Waals surface area (Å²) in [5.41, 5.74) is 0.213. The van der Waals surface area contributed by atoms with E-state index in [4.69, 9.17) is 21.1 Å². The molecule has 0 aliphatic rings. The van der Waals surface area contributed by atoms with Crippen molar-refractivity contribution in [3.8, 4) is 5.75 Å². The number of phenols is 1. The van der Waals surface area contributed by atoms with Crippen molar-refractivity contribution in [3.05, 3.63) is 28.8 Å². The zero-order chi connectivity index (χ0) is 14.1. The lowest BCUT2D eigenvalue weighted by Crippen LogP contribution is -2.25. The highest BCUT2D eigenvalue weighted by atomic mass is 35.5. The molecule has 2 N–H and O–H groups in total. The smallest absolute Gasteiger partial charge is 0.255 e. The monoisotopic (exact) mass is 287 g/mol. The summed E-state index contributed by atoms with van der Waals surface area (Å²) >= 11 is 5.69. The van der Waals surface area contributed by atoms with E-state index >= 15 is 0 Å². The van der Waals surface area contributed by atoms with Gasteiger partial charge in [-0.3, -0.25) is 4.79 Å². The molecular weight excluding hydrogens is 270 g/mol. The van der Waals surface area contributed by atoms with Gasteiger partial charge >= 0.3 is 0 Å². The topological polar surface area (TPSA) is 67.8 Å². The second kappa shape index (κ2) is 8.74. The maximum atomic E-state index is 11.7. The van der Waals surface area contributed by atoms with Gasteiger partial charge in [0.05, 0.1) is 18.8 Å². The Bertz CT molecular complexity index is 412. The van der Waals surface area contributed by atoms with Gasteiger partial charge in [0, 0.05) is 25.3 Å². The van der Waals surface area contributed by atoms with E-state index in [0.717, 1.165) is 0 Å². The molecule has 1 rings (SSSR count). The summed E-state index contributed by atoms with van der Waals surface area (Å²) in [4.78, 5) is 11.7. The predicted molar refractivity (Wildman–Crippen MR) is 72.8 cm³/mol. The minimum atomic E-state index is -0.328. The lowest BCUT2D eigenvalue weighted by molar-refractivity contribution is 0.0688. The minimum absolute atomic E-state index is 0.124. The number of halogens is 1. The Morgan fingerprint density at radius 3 is 2.84 bits per heavy atom. The van der Waals surface area contributed by atoms with E-state index in [-0.39, 0.29) is 17.2 Å². The molecule has 1 aromatic rings. The predicted octanol–water partition coefficient (Wildman–Crippen LogP) is 1.83. The largest absolute Gasteiger partial charge is 0.507 e. The molecule has 0 aliphatic carbocycles. The molecule has 0 fully saturated rings. The fourth-order valence-corrected chi connectivity index (χ4v) is 1.58. The van der Waals surface area contributed by atoms with E-state index in [0.29, 0.717) is 37.8 Å². The molecule has 6 heteroatoms. The van der Waals surface area contributed by atoms with Gasteiger partial charge in [-0.2, -0.15) is 0 Å². The Hall–Kier alpha value is -1.30. The molecular formula is C13H18ClNO4. The fraction of sp³-hybridized carbons (Fsp3) is 0.462. The second-order valence-electron chi connectivity index (χ2n) is 3.88. The number of rotatable bonds is 8. The van der Waals surface area contributed by atoms with Gasteiger partial charge in [-0.15, -0.1) is 0 Å². The summed E-state index contributed by atoms with van der Waals surface area (Å²) in [6, 6.07) is 4.39. The molecule has 1 amide bonds. The number of ether oxygens (including phenoxy) is 2. The molecule has 0 spiro atoms. The summed E-state index contributed by atoms with van der Waals surface area (Å²) in [5.74, 6) is -0.451. The lowest BCUT2D eigenvalue weighted by atomic mass is 10.2. The molecule has 0 saturated heterocycles. The average molecular weight is 288 g/mol. The Morgan fingerprint density at radius 2 is 2.16 bits per heavy atom. The Morgan fingerprint density at radius 1 is 1.37 bits per heavy atom. The van der Waals surface area contributed by atoms with E-state index in [1.165, 1.54) is 12.1 Å². The normalized spacial score (nSPS) is 10.4. The second-order valence-corrected chi connectivity index (χ2v) is 4.31. The molecule has 106 valence electrons. The molecule has 0 atom stereocenters. The maximum absolute atomic E-state index is 11.7. The highest BCUT2D eigenvalue weighted by molar-refractivity contribution is 6.30. The number of carbonyl (C=O) groups excluding carboxylic acids is 1. The number of aromatic hydroxyl groups is 1. The van der Waals surface area contributed by atoms with Crippen molar-refractivity contribution in [2.75, 3.05) is 33.5 Å². The standard InChI is InChI=1S/C13H18ClNO4/c1-18-7-8-19-6-2-5-15-13(17)11-4-3-10(14)9-12(11)16/h3-4,9,16H,2,5-8H2,1H3,(H,15,17). The van der Waals surface area contributed by atoms with Crippen molar-refractivity contribution in [2.24, 2.45) is 0 Å². The SMILES string of the molecule is COCCOCCCNC(=O)c1ccc(Cl)cc1O. The minimum Gasteiger partial charge on any atom is -0.507 e. The van der Waals surface area contributed by atoms with Crippen molar-refractivity contribution >= 4 is 17.5 Å². The molecule has 0 radical (unpaired) electrons. The number of hydrogen-bond donors (Lipinski definition) is 2. The first kappa shape index (κ1) is 15.8. The van der Waals surface area contributed by atoms with Crippen LogP contribution in [0.3, 0.4) is 0 Å². The molecule has 0 aromatic heterocycles. The van der Waals surface area contributed by atoms with Gasteiger partial charge in [0.1, 0.15) is 5.75 Å². The Balaban J connectivity index is 2.24. The third-order valence-corrected chi connectivity index (χ3v) is 2.62. The zero-order valence-corrected chi connectivity index (χ0v) is 11.6. The summed E-state index contributed by atoms with van der Waals surface area (Å²) in [5, 5.41) is 12.7. The first-order valence-corrected chi connectivity index (χ1v) is 6.36. The maximum Gasteiger partial charge on any atom is 0.255 e. The van der Waals surface area contributed by atoms with E-state index in [9.17, 15) is 9.90 Å². The van der Waals surface area contributed by atoms with Crippen molar-refractivity contribution in [2.45, 2.75) is 6.42 Å². The first-order chi connectivity index (χ1) is 9.15. The molecule has 0 heterocycles. The van der Waals surface area contributed by atoms with Crippen LogP contribution in [0.1, 0.15) is 16.8 Å². The van der Waals surface area contributed by atoms with E-state index in [1.54, 1.807) is 13.2 Å². The van der Waals surface area contributed by atoms with Gasteiger partial charge in [-0.1, -0.05) is 11.6 Å². The Labute approximate surface area is 117 Å². The van der Waals surface area contributed by atoms with Gasteiger partial charge in [-0.05, 0) is 24.6 Å². The fourth-order valence-electron chi connectivity index (χ4n) is 1.41. The lowest BCUT2D eigenvalue weighted by Gasteiger charge is -2.07. The van der Waals surface area contributed by atoms with Crippen LogP contribution in [0.15, 0.2) is 18.2 Å². The van der Waals surface area contributed by atoms with Crippen LogP contribution in [0.2, 0.25) is 5.02 Å². The van der Waals surface area contributed by atoms with Crippen molar-refractivity contribution in [3.63, 3.8) is 0 Å². The van der Waals surface area contributed by atoms with Crippen LogP contribution in [0.25, 0.3) is 0 Å². The van der Waals surface area contributed by atoms with E-state index in [1.807, 2.05) is 0 Å². The molecule has 1 aromatic carbocycles. The van der Waals surface area contributed by atoms with Crippen LogP contribution in [0.4, 0.5) is 0 Å². The molecule has 0 unspecified atom stereocenters. The van der Waals surface area contributed by atoms with Gasteiger partial charge in [0.25, 0.3) is 5.91 Å². The number of hydrogen-bond acceptors (Lipinski definition) is 4. The number of phenolic OH excluding ortho intramolecular Hbond substituents is 1. The van der Waals surface area contributed by atoms with Crippen LogP contribution in [-0.4, -0.2) is 44.5 Å². The number of amides is 1. The van der Waals surface area contributed by atoms with Crippen LogP contribution in [0, 0.1) is 0 Å². The summed E-state index contributed by atoms with van der Waals surface area (Å²) in [7, 11) is 1.61. The summed E-state index contributed by atoms with van der Waals surface area (Å²) in [6.07, 6.45) is 0.698. The third kappa shape index (κ3) is 5.92. The number of carbonyl (C=O) groups is 1. The molecule has 0 bridgehead atoms. The van der Waals surface area contributed by atoms with Crippen molar-refractivity contribution < 1.29 is 19.4 Å². The molecule has 0 aliphatic heterocycles. The summed E-state index contributed by atoms with van der Waals surface area (Å²) < 4.78 is 10.1. The average Bonchev–Trinajstić information content (AvgIpc) is 2.37. The Kier molecular flexibility index (Phi) is 7.25. The quantitative estimate of drug-likeness (QED) is 0.716. The highest BCUT2D eigenvalue weighted by Gasteiger charge is 2.10. The van der Waals surface area contributed by atoms with Crippen LogP contribution < -0.4 is 5.32 Å². The molecule has 19 heavy (non-hydrogen) atoms. The first-order valence-electron chi connectivity index (χ1n) is 5.98. The highest BCUT2D eigenvalue weighted by Crippen LogP contribution is 2.21. The third-order valence-electron chi connectivity index (χ3n) is 2.39. The molecule has 0 saturated carbocycles. The van der Waals surface area contributed by atoms with E-state index < -0.39 is 0 Å². The van der Waals surface area contributed by atoms with Crippen molar-refractivity contribution in [1.29, 1.82) is 0 Å². The van der Waals surface area contributed by atoms with Gasteiger partial charge in [0.15, 0.2) is 0 Å². The van der Waals surface area contributed by atoms with Crippen LogP contribution >= 0.6 is 11.6 Å². The van der Waals surface area contributed by atoms with E-state index in [2.05, 4.69) is 5.32 Å². The number of methoxy groups -OCH3 is 1. The zero-order valence-electron chi connectivity index (χ0n) is 10.8.